The SMILES string of the molecule is Cc1cccc2c(C(C)(C)N[C@H](O)c3ccnc4c3OCCNC4)nn(C)c12. The van der Waals surface area contributed by atoms with Crippen LogP contribution in [-0.4, -0.2) is 33.0 Å². The highest BCUT2D eigenvalue weighted by Gasteiger charge is 2.31. The van der Waals surface area contributed by atoms with Gasteiger partial charge in [0, 0.05) is 37.3 Å². The number of aryl methyl sites for hydroxylation is 2. The molecular formula is C21H27N5O2. The Balaban J connectivity index is 1.69. The molecule has 0 spiro atoms. The molecule has 3 N–H and O–H groups in total. The second-order valence-electron chi connectivity index (χ2n) is 7.82. The van der Waals surface area contributed by atoms with Crippen molar-refractivity contribution in [1.29, 1.82) is 0 Å². The van der Waals surface area contributed by atoms with E-state index in [1.54, 1.807) is 12.3 Å². The summed E-state index contributed by atoms with van der Waals surface area (Å²) in [5.74, 6) is 0.657. The van der Waals surface area contributed by atoms with Crippen LogP contribution in [0.3, 0.4) is 0 Å². The van der Waals surface area contributed by atoms with Gasteiger partial charge < -0.3 is 15.2 Å². The Morgan fingerprint density at radius 3 is 2.96 bits per heavy atom. The van der Waals surface area contributed by atoms with Crippen molar-refractivity contribution in [3.63, 3.8) is 0 Å². The van der Waals surface area contributed by atoms with E-state index in [0.717, 1.165) is 28.8 Å². The summed E-state index contributed by atoms with van der Waals surface area (Å²) in [6.45, 7) is 8.07. The van der Waals surface area contributed by atoms with E-state index in [-0.39, 0.29) is 0 Å². The molecule has 2 aromatic heterocycles. The molecule has 1 aromatic carbocycles. The molecule has 0 radical (unpaired) electrons. The number of ether oxygens (including phenoxy) is 1. The van der Waals surface area contributed by atoms with Crippen molar-refractivity contribution in [2.75, 3.05) is 13.2 Å². The number of aliphatic hydroxyl groups excluding tert-OH is 1. The largest absolute Gasteiger partial charge is 0.490 e. The number of hydrogen-bond acceptors (Lipinski definition) is 6. The average Bonchev–Trinajstić information content (AvgIpc) is 2.85. The predicted molar refractivity (Wildman–Crippen MR) is 108 cm³/mol. The van der Waals surface area contributed by atoms with Gasteiger partial charge in [0.05, 0.1) is 22.4 Å². The number of nitrogens with zero attached hydrogens (tertiary/aromatic N) is 3. The lowest BCUT2D eigenvalue weighted by atomic mass is 9.95. The number of aliphatic hydroxyl groups is 1. The lowest BCUT2D eigenvalue weighted by Crippen LogP contribution is -2.40. The van der Waals surface area contributed by atoms with Crippen molar-refractivity contribution in [3.8, 4) is 5.75 Å². The van der Waals surface area contributed by atoms with E-state index in [2.05, 4.69) is 34.7 Å². The first-order valence-corrected chi connectivity index (χ1v) is 9.58. The fraction of sp³-hybridized carbons (Fsp3) is 0.429. The third kappa shape index (κ3) is 3.26. The standard InChI is InChI=1S/C21H27N5O2/c1-13-6-5-7-14-17(13)26(4)25-19(14)21(2,3)24-20(27)15-8-9-23-16-12-22-10-11-28-18(15)16/h5-9,20,22,24,27H,10-12H2,1-4H3/t20-/m1/s1. The van der Waals surface area contributed by atoms with E-state index in [9.17, 15) is 5.11 Å². The van der Waals surface area contributed by atoms with E-state index < -0.39 is 11.8 Å². The van der Waals surface area contributed by atoms with Crippen molar-refractivity contribution >= 4 is 10.9 Å². The van der Waals surface area contributed by atoms with Gasteiger partial charge in [0.15, 0.2) is 0 Å². The molecule has 0 unspecified atom stereocenters. The quantitative estimate of drug-likeness (QED) is 0.602. The zero-order valence-electron chi connectivity index (χ0n) is 16.8. The summed E-state index contributed by atoms with van der Waals surface area (Å²) >= 11 is 0. The molecule has 3 heterocycles. The minimum atomic E-state index is -0.910. The molecule has 1 aliphatic heterocycles. The molecule has 0 fully saturated rings. The summed E-state index contributed by atoms with van der Waals surface area (Å²) in [5, 5.41) is 23.5. The van der Waals surface area contributed by atoms with Crippen molar-refractivity contribution in [1.82, 2.24) is 25.4 Å². The maximum atomic E-state index is 11.0. The molecule has 1 aliphatic rings. The lowest BCUT2D eigenvalue weighted by Gasteiger charge is -2.29. The first kappa shape index (κ1) is 18.9. The second-order valence-corrected chi connectivity index (χ2v) is 7.82. The molecule has 4 rings (SSSR count). The Labute approximate surface area is 164 Å². The van der Waals surface area contributed by atoms with Crippen LogP contribution in [0.1, 0.15) is 42.6 Å². The summed E-state index contributed by atoms with van der Waals surface area (Å²) in [7, 11) is 1.95. The van der Waals surface area contributed by atoms with Gasteiger partial charge in [-0.3, -0.25) is 15.0 Å². The molecule has 7 nitrogen and oxygen atoms in total. The number of benzene rings is 1. The van der Waals surface area contributed by atoms with Gasteiger partial charge in [-0.05, 0) is 32.4 Å². The van der Waals surface area contributed by atoms with E-state index in [4.69, 9.17) is 9.84 Å². The summed E-state index contributed by atoms with van der Waals surface area (Å²) in [5.41, 5.74) is 4.12. The van der Waals surface area contributed by atoms with Gasteiger partial charge >= 0.3 is 0 Å². The Kier molecular flexibility index (Phi) is 4.82. The zero-order chi connectivity index (χ0) is 19.9. The number of rotatable bonds is 4. The molecule has 148 valence electrons. The van der Waals surface area contributed by atoms with Crippen molar-refractivity contribution < 1.29 is 9.84 Å². The highest BCUT2D eigenvalue weighted by atomic mass is 16.5. The van der Waals surface area contributed by atoms with Crippen LogP contribution in [0.25, 0.3) is 10.9 Å². The average molecular weight is 381 g/mol. The number of aromatic nitrogens is 3. The minimum absolute atomic E-state index is 0.548. The van der Waals surface area contributed by atoms with E-state index in [1.807, 2.05) is 31.6 Å². The van der Waals surface area contributed by atoms with Crippen molar-refractivity contribution in [2.24, 2.45) is 7.05 Å². The maximum Gasteiger partial charge on any atom is 0.149 e. The first-order valence-electron chi connectivity index (χ1n) is 9.58. The molecule has 28 heavy (non-hydrogen) atoms. The fourth-order valence-electron chi connectivity index (χ4n) is 3.93. The molecule has 0 aliphatic carbocycles. The van der Waals surface area contributed by atoms with Gasteiger partial charge in [-0.2, -0.15) is 5.10 Å². The molecule has 1 atom stereocenters. The molecule has 3 aromatic rings. The Morgan fingerprint density at radius 2 is 2.14 bits per heavy atom. The topological polar surface area (TPSA) is 84.2 Å². The lowest BCUT2D eigenvalue weighted by molar-refractivity contribution is 0.0961. The van der Waals surface area contributed by atoms with Crippen LogP contribution in [0.2, 0.25) is 0 Å². The molecule has 0 amide bonds. The van der Waals surface area contributed by atoms with Crippen LogP contribution >= 0.6 is 0 Å². The number of para-hydroxylation sites is 1. The maximum absolute atomic E-state index is 11.0. The number of pyridine rings is 1. The van der Waals surface area contributed by atoms with E-state index in [0.29, 0.717) is 24.5 Å². The van der Waals surface area contributed by atoms with Gasteiger partial charge in [-0.25, -0.2) is 0 Å². The molecule has 0 saturated carbocycles. The van der Waals surface area contributed by atoms with E-state index >= 15 is 0 Å². The van der Waals surface area contributed by atoms with Gasteiger partial charge in [0.2, 0.25) is 0 Å². The Hall–Kier alpha value is -2.48. The van der Waals surface area contributed by atoms with Crippen LogP contribution in [-0.2, 0) is 19.1 Å². The predicted octanol–water partition coefficient (Wildman–Crippen LogP) is 2.27. The number of hydrogen-bond donors (Lipinski definition) is 3. The molecule has 0 bridgehead atoms. The minimum Gasteiger partial charge on any atom is -0.490 e. The summed E-state index contributed by atoms with van der Waals surface area (Å²) in [6.07, 6.45) is 0.800. The third-order valence-corrected chi connectivity index (χ3v) is 5.28. The summed E-state index contributed by atoms with van der Waals surface area (Å²) in [6, 6.07) is 8.01. The van der Waals surface area contributed by atoms with Crippen molar-refractivity contribution in [2.45, 2.75) is 39.1 Å². The van der Waals surface area contributed by atoms with Crippen LogP contribution in [0.5, 0.6) is 5.75 Å². The zero-order valence-corrected chi connectivity index (χ0v) is 16.8. The highest BCUT2D eigenvalue weighted by Crippen LogP contribution is 2.33. The number of fused-ring (bicyclic) bond motifs is 2. The summed E-state index contributed by atoms with van der Waals surface area (Å²) in [4.78, 5) is 4.39. The molecule has 0 saturated heterocycles. The molecule has 7 heteroatoms. The van der Waals surface area contributed by atoms with Gasteiger partial charge in [-0.1, -0.05) is 18.2 Å². The van der Waals surface area contributed by atoms with Gasteiger partial charge in [-0.15, -0.1) is 0 Å². The highest BCUT2D eigenvalue weighted by molar-refractivity contribution is 5.85. The van der Waals surface area contributed by atoms with Gasteiger partial charge in [0.1, 0.15) is 18.6 Å². The molecular weight excluding hydrogens is 354 g/mol. The normalized spacial score (nSPS) is 15.8. The fourth-order valence-corrected chi connectivity index (χ4v) is 3.93. The Morgan fingerprint density at radius 1 is 1.32 bits per heavy atom. The van der Waals surface area contributed by atoms with E-state index in [1.165, 1.54) is 5.56 Å². The second kappa shape index (κ2) is 7.16. The summed E-state index contributed by atoms with van der Waals surface area (Å²) < 4.78 is 7.77. The monoisotopic (exact) mass is 381 g/mol. The Bertz CT molecular complexity index is 1010. The van der Waals surface area contributed by atoms with Crippen LogP contribution < -0.4 is 15.4 Å². The van der Waals surface area contributed by atoms with Gasteiger partial charge in [0.25, 0.3) is 0 Å². The van der Waals surface area contributed by atoms with Crippen LogP contribution in [0.15, 0.2) is 30.5 Å². The van der Waals surface area contributed by atoms with Crippen molar-refractivity contribution in [3.05, 3.63) is 53.0 Å². The van der Waals surface area contributed by atoms with Crippen LogP contribution in [0, 0.1) is 6.92 Å². The first-order chi connectivity index (χ1) is 13.4. The smallest absolute Gasteiger partial charge is 0.149 e. The van der Waals surface area contributed by atoms with Crippen LogP contribution in [0.4, 0.5) is 0 Å². The third-order valence-electron chi connectivity index (χ3n) is 5.28. The number of nitrogens with one attached hydrogen (secondary N) is 2.